The minimum atomic E-state index is 0.114. The Kier molecular flexibility index (Phi) is 4.79. The molecule has 4 rings (SSSR count). The molecule has 0 atom stereocenters. The van der Waals surface area contributed by atoms with E-state index in [0.717, 1.165) is 22.3 Å². The van der Waals surface area contributed by atoms with Gasteiger partial charge in [0.25, 0.3) is 0 Å². The highest BCUT2D eigenvalue weighted by Gasteiger charge is 2.15. The fraction of sp³-hybridized carbons (Fsp3) is 0.154. The van der Waals surface area contributed by atoms with Crippen LogP contribution in [0.5, 0.6) is 0 Å². The molecule has 2 heteroatoms. The molecule has 0 N–H and O–H groups in total. The van der Waals surface area contributed by atoms with Gasteiger partial charge in [0.1, 0.15) is 0 Å². The molecule has 2 aromatic heterocycles. The second-order valence-electron chi connectivity index (χ2n) is 8.11. The second kappa shape index (κ2) is 7.40. The molecule has 0 aliphatic heterocycles. The van der Waals surface area contributed by atoms with Crippen molar-refractivity contribution in [2.75, 3.05) is 0 Å². The van der Waals surface area contributed by atoms with Crippen molar-refractivity contribution in [2.45, 2.75) is 26.2 Å². The number of hydrogen-bond acceptors (Lipinski definition) is 2. The first-order valence-corrected chi connectivity index (χ1v) is 9.57. The van der Waals surface area contributed by atoms with Crippen LogP contribution in [0.3, 0.4) is 0 Å². The Morgan fingerprint density at radius 3 is 1.50 bits per heavy atom. The van der Waals surface area contributed by atoms with Crippen LogP contribution in [0.15, 0.2) is 91.5 Å². The van der Waals surface area contributed by atoms with E-state index in [1.54, 1.807) is 0 Å². The van der Waals surface area contributed by atoms with Gasteiger partial charge in [-0.05, 0) is 63.6 Å². The average molecular weight is 364 g/mol. The molecule has 0 aliphatic rings. The standard InChI is InChI=1S/C26H24N2/c1-26(2,3)25-10-4-7-19(16-25)22-13-23(20-8-5-11-27-17-20)15-24(14-22)21-9-6-12-28-18-21/h4-18H,1-3H3. The fourth-order valence-electron chi connectivity index (χ4n) is 3.36. The maximum absolute atomic E-state index is 4.30. The lowest BCUT2D eigenvalue weighted by Gasteiger charge is -2.20. The summed E-state index contributed by atoms with van der Waals surface area (Å²) in [6.45, 7) is 6.75. The molecule has 4 aromatic rings. The maximum Gasteiger partial charge on any atom is 0.0346 e. The molecule has 0 radical (unpaired) electrons. The zero-order chi connectivity index (χ0) is 19.6. The zero-order valence-electron chi connectivity index (χ0n) is 16.6. The number of nitrogens with zero attached hydrogens (tertiary/aromatic N) is 2. The van der Waals surface area contributed by atoms with Crippen molar-refractivity contribution in [2.24, 2.45) is 0 Å². The molecule has 2 heterocycles. The van der Waals surface area contributed by atoms with Crippen LogP contribution in [0, 0.1) is 0 Å². The van der Waals surface area contributed by atoms with E-state index in [1.807, 2.05) is 36.9 Å². The van der Waals surface area contributed by atoms with Gasteiger partial charge in [0.05, 0.1) is 0 Å². The Hall–Kier alpha value is -3.26. The summed E-state index contributed by atoms with van der Waals surface area (Å²) < 4.78 is 0. The molecule has 0 spiro atoms. The van der Waals surface area contributed by atoms with E-state index < -0.39 is 0 Å². The van der Waals surface area contributed by atoms with Gasteiger partial charge in [-0.1, -0.05) is 57.2 Å². The molecular formula is C26H24N2. The lowest BCUT2D eigenvalue weighted by Crippen LogP contribution is -2.10. The maximum atomic E-state index is 4.30. The average Bonchev–Trinajstić information content (AvgIpc) is 2.74. The van der Waals surface area contributed by atoms with Crippen molar-refractivity contribution in [3.05, 3.63) is 97.1 Å². The zero-order valence-corrected chi connectivity index (χ0v) is 16.6. The molecule has 0 saturated carbocycles. The van der Waals surface area contributed by atoms with Gasteiger partial charge in [0, 0.05) is 35.9 Å². The highest BCUT2D eigenvalue weighted by atomic mass is 14.6. The van der Waals surface area contributed by atoms with Gasteiger partial charge < -0.3 is 0 Å². The Morgan fingerprint density at radius 1 is 0.536 bits per heavy atom. The molecule has 0 amide bonds. The van der Waals surface area contributed by atoms with Crippen molar-refractivity contribution in [3.8, 4) is 33.4 Å². The number of rotatable bonds is 3. The van der Waals surface area contributed by atoms with E-state index in [4.69, 9.17) is 0 Å². The monoisotopic (exact) mass is 364 g/mol. The summed E-state index contributed by atoms with van der Waals surface area (Å²) in [5, 5.41) is 0. The molecule has 138 valence electrons. The van der Waals surface area contributed by atoms with Gasteiger partial charge >= 0.3 is 0 Å². The third-order valence-corrected chi connectivity index (χ3v) is 4.98. The number of hydrogen-bond donors (Lipinski definition) is 0. The Labute approximate surface area is 167 Å². The van der Waals surface area contributed by atoms with Gasteiger partial charge in [-0.3, -0.25) is 9.97 Å². The lowest BCUT2D eigenvalue weighted by molar-refractivity contribution is 0.590. The van der Waals surface area contributed by atoms with Crippen molar-refractivity contribution in [1.29, 1.82) is 0 Å². The van der Waals surface area contributed by atoms with Gasteiger partial charge in [0.15, 0.2) is 0 Å². The summed E-state index contributed by atoms with van der Waals surface area (Å²) in [4.78, 5) is 8.60. The van der Waals surface area contributed by atoms with Crippen LogP contribution in [-0.4, -0.2) is 9.97 Å². The molecule has 0 bridgehead atoms. The van der Waals surface area contributed by atoms with Gasteiger partial charge in [-0.2, -0.15) is 0 Å². The largest absolute Gasteiger partial charge is 0.264 e. The van der Waals surface area contributed by atoms with Crippen LogP contribution >= 0.6 is 0 Å². The fourth-order valence-corrected chi connectivity index (χ4v) is 3.36. The highest BCUT2D eigenvalue weighted by Crippen LogP contribution is 2.34. The van der Waals surface area contributed by atoms with Crippen molar-refractivity contribution >= 4 is 0 Å². The smallest absolute Gasteiger partial charge is 0.0346 e. The Bertz CT molecular complexity index is 1020. The van der Waals surface area contributed by atoms with Crippen molar-refractivity contribution in [3.63, 3.8) is 0 Å². The molecule has 0 unspecified atom stereocenters. The summed E-state index contributed by atoms with van der Waals surface area (Å²) in [6.07, 6.45) is 7.44. The third kappa shape index (κ3) is 3.86. The van der Waals surface area contributed by atoms with E-state index in [0.29, 0.717) is 0 Å². The summed E-state index contributed by atoms with van der Waals surface area (Å²) in [5.41, 5.74) is 8.41. The Morgan fingerprint density at radius 2 is 1.04 bits per heavy atom. The van der Waals surface area contributed by atoms with Crippen LogP contribution in [0.1, 0.15) is 26.3 Å². The van der Waals surface area contributed by atoms with Crippen LogP contribution in [-0.2, 0) is 5.41 Å². The first-order chi connectivity index (χ1) is 13.5. The van der Waals surface area contributed by atoms with Gasteiger partial charge in [0.2, 0.25) is 0 Å². The highest BCUT2D eigenvalue weighted by molar-refractivity contribution is 5.80. The third-order valence-electron chi connectivity index (χ3n) is 4.98. The van der Waals surface area contributed by atoms with Crippen LogP contribution in [0.25, 0.3) is 33.4 Å². The van der Waals surface area contributed by atoms with E-state index in [-0.39, 0.29) is 5.41 Å². The van der Waals surface area contributed by atoms with Crippen LogP contribution in [0.2, 0.25) is 0 Å². The van der Waals surface area contributed by atoms with Gasteiger partial charge in [-0.25, -0.2) is 0 Å². The van der Waals surface area contributed by atoms with E-state index >= 15 is 0 Å². The van der Waals surface area contributed by atoms with Crippen LogP contribution in [0.4, 0.5) is 0 Å². The first-order valence-electron chi connectivity index (χ1n) is 9.57. The van der Waals surface area contributed by atoms with E-state index in [1.165, 1.54) is 16.7 Å². The molecule has 0 fully saturated rings. The normalized spacial score (nSPS) is 11.4. The number of aromatic nitrogens is 2. The summed E-state index contributed by atoms with van der Waals surface area (Å²) in [6, 6.07) is 23.7. The minimum absolute atomic E-state index is 0.114. The minimum Gasteiger partial charge on any atom is -0.264 e. The summed E-state index contributed by atoms with van der Waals surface area (Å²) >= 11 is 0. The van der Waals surface area contributed by atoms with Crippen molar-refractivity contribution < 1.29 is 0 Å². The van der Waals surface area contributed by atoms with Crippen LogP contribution < -0.4 is 0 Å². The molecule has 0 saturated heterocycles. The lowest BCUT2D eigenvalue weighted by atomic mass is 9.85. The summed E-state index contributed by atoms with van der Waals surface area (Å²) in [5.74, 6) is 0. The molecule has 2 nitrogen and oxygen atoms in total. The SMILES string of the molecule is CC(C)(C)c1cccc(-c2cc(-c3cccnc3)cc(-c3cccnc3)c2)c1. The topological polar surface area (TPSA) is 25.8 Å². The molecule has 28 heavy (non-hydrogen) atoms. The van der Waals surface area contributed by atoms with E-state index in [2.05, 4.69) is 85.3 Å². The molecule has 2 aromatic carbocycles. The van der Waals surface area contributed by atoms with Crippen molar-refractivity contribution in [1.82, 2.24) is 9.97 Å². The quantitative estimate of drug-likeness (QED) is 0.400. The predicted molar refractivity (Wildman–Crippen MR) is 117 cm³/mol. The molecule has 0 aliphatic carbocycles. The Balaban J connectivity index is 1.90. The first kappa shape index (κ1) is 18.1. The molecular weight excluding hydrogens is 340 g/mol. The van der Waals surface area contributed by atoms with E-state index in [9.17, 15) is 0 Å². The number of benzene rings is 2. The number of pyridine rings is 2. The second-order valence-corrected chi connectivity index (χ2v) is 8.11. The van der Waals surface area contributed by atoms with Gasteiger partial charge in [-0.15, -0.1) is 0 Å². The summed E-state index contributed by atoms with van der Waals surface area (Å²) in [7, 11) is 0. The predicted octanol–water partition coefficient (Wildman–Crippen LogP) is 6.78.